The van der Waals surface area contributed by atoms with Gasteiger partial charge in [-0.1, -0.05) is 30.3 Å². The van der Waals surface area contributed by atoms with Crippen molar-refractivity contribution in [2.75, 3.05) is 13.1 Å². The third-order valence-corrected chi connectivity index (χ3v) is 4.23. The molecular weight excluding hydrogens is 240 g/mol. The monoisotopic (exact) mass is 260 g/mol. The number of nitrogens with one attached hydrogen (secondary N) is 2. The van der Waals surface area contributed by atoms with Gasteiger partial charge in [-0.3, -0.25) is 0 Å². The van der Waals surface area contributed by atoms with Gasteiger partial charge in [0.2, 0.25) is 0 Å². The number of ether oxygens (including phenoxy) is 1. The Labute approximate surface area is 113 Å². The highest BCUT2D eigenvalue weighted by atomic mass is 16.5. The predicted octanol–water partition coefficient (Wildman–Crippen LogP) is 1.91. The molecule has 1 aliphatic carbocycles. The summed E-state index contributed by atoms with van der Waals surface area (Å²) >= 11 is 0. The van der Waals surface area contributed by atoms with Crippen LogP contribution in [0.1, 0.15) is 18.4 Å². The van der Waals surface area contributed by atoms with Crippen LogP contribution in [0.5, 0.6) is 0 Å². The van der Waals surface area contributed by atoms with Crippen molar-refractivity contribution in [3.8, 4) is 0 Å². The zero-order valence-electron chi connectivity index (χ0n) is 11.0. The van der Waals surface area contributed by atoms with Gasteiger partial charge in [-0.25, -0.2) is 4.79 Å². The number of hydrogen-bond acceptors (Lipinski definition) is 3. The van der Waals surface area contributed by atoms with Crippen LogP contribution < -0.4 is 10.6 Å². The average Bonchev–Trinajstić information content (AvgIpc) is 2.67. The first-order chi connectivity index (χ1) is 9.33. The maximum absolute atomic E-state index is 11.8. The van der Waals surface area contributed by atoms with Crippen molar-refractivity contribution in [2.24, 2.45) is 11.8 Å². The molecule has 3 rings (SSSR count). The first kappa shape index (κ1) is 12.5. The molecule has 0 aromatic heterocycles. The zero-order chi connectivity index (χ0) is 13.1. The van der Waals surface area contributed by atoms with Crippen LogP contribution in [-0.2, 0) is 11.3 Å². The van der Waals surface area contributed by atoms with Gasteiger partial charge in [0.15, 0.2) is 0 Å². The smallest absolute Gasteiger partial charge is 0.407 e. The molecule has 1 amide bonds. The molecule has 0 spiro atoms. The van der Waals surface area contributed by atoms with E-state index in [2.05, 4.69) is 10.6 Å². The lowest BCUT2D eigenvalue weighted by atomic mass is 9.94. The summed E-state index contributed by atoms with van der Waals surface area (Å²) in [6.45, 7) is 2.37. The van der Waals surface area contributed by atoms with E-state index in [1.165, 1.54) is 12.8 Å². The minimum atomic E-state index is -0.285. The third-order valence-electron chi connectivity index (χ3n) is 4.23. The lowest BCUT2D eigenvalue weighted by molar-refractivity contribution is 0.127. The maximum atomic E-state index is 11.8. The van der Waals surface area contributed by atoms with Crippen LogP contribution in [0.25, 0.3) is 0 Å². The van der Waals surface area contributed by atoms with Gasteiger partial charge in [0, 0.05) is 6.04 Å². The van der Waals surface area contributed by atoms with Gasteiger partial charge in [0.05, 0.1) is 0 Å². The summed E-state index contributed by atoms with van der Waals surface area (Å²) in [4.78, 5) is 11.8. The summed E-state index contributed by atoms with van der Waals surface area (Å²) in [5.74, 6) is 1.14. The van der Waals surface area contributed by atoms with E-state index in [1.54, 1.807) is 0 Å². The summed E-state index contributed by atoms with van der Waals surface area (Å²) in [6, 6.07) is 10.1. The molecular formula is C15H20N2O2. The van der Waals surface area contributed by atoms with Gasteiger partial charge in [-0.2, -0.15) is 0 Å². The van der Waals surface area contributed by atoms with Gasteiger partial charge in [0.1, 0.15) is 6.61 Å². The first-order valence-electron chi connectivity index (χ1n) is 7.01. The van der Waals surface area contributed by atoms with Gasteiger partial charge in [0.25, 0.3) is 0 Å². The molecule has 102 valence electrons. The number of carbonyl (C=O) groups excluding carboxylic acids is 1. The second-order valence-electron chi connectivity index (χ2n) is 5.49. The number of piperidine rings is 1. The predicted molar refractivity (Wildman–Crippen MR) is 72.6 cm³/mol. The molecule has 1 heterocycles. The van der Waals surface area contributed by atoms with Crippen molar-refractivity contribution in [1.29, 1.82) is 0 Å². The Morgan fingerprint density at radius 1 is 1.21 bits per heavy atom. The van der Waals surface area contributed by atoms with Crippen molar-refractivity contribution in [2.45, 2.75) is 25.5 Å². The highest BCUT2D eigenvalue weighted by Crippen LogP contribution is 2.33. The summed E-state index contributed by atoms with van der Waals surface area (Å²) < 4.78 is 5.28. The molecule has 4 heteroatoms. The highest BCUT2D eigenvalue weighted by molar-refractivity contribution is 5.67. The molecule has 1 saturated heterocycles. The van der Waals surface area contributed by atoms with Gasteiger partial charge in [-0.15, -0.1) is 0 Å². The molecule has 2 fully saturated rings. The quantitative estimate of drug-likeness (QED) is 0.873. The third kappa shape index (κ3) is 2.89. The number of alkyl carbamates (subject to hydrolysis) is 1. The van der Waals surface area contributed by atoms with E-state index in [9.17, 15) is 4.79 Å². The van der Waals surface area contributed by atoms with E-state index < -0.39 is 0 Å². The highest BCUT2D eigenvalue weighted by Gasteiger charge is 2.39. The van der Waals surface area contributed by atoms with Gasteiger partial charge in [-0.05, 0) is 43.3 Å². The summed E-state index contributed by atoms with van der Waals surface area (Å²) in [5.41, 5.74) is 1.02. The van der Waals surface area contributed by atoms with Crippen molar-refractivity contribution in [1.82, 2.24) is 10.6 Å². The van der Waals surface area contributed by atoms with Crippen molar-refractivity contribution >= 4 is 6.09 Å². The first-order valence-corrected chi connectivity index (χ1v) is 7.01. The van der Waals surface area contributed by atoms with E-state index in [-0.39, 0.29) is 6.09 Å². The van der Waals surface area contributed by atoms with Crippen molar-refractivity contribution < 1.29 is 9.53 Å². The fourth-order valence-corrected chi connectivity index (χ4v) is 3.22. The number of rotatable bonds is 3. The van der Waals surface area contributed by atoms with E-state index in [0.29, 0.717) is 24.5 Å². The fraction of sp³-hybridized carbons (Fsp3) is 0.533. The van der Waals surface area contributed by atoms with Crippen molar-refractivity contribution in [3.63, 3.8) is 0 Å². The van der Waals surface area contributed by atoms with Gasteiger partial charge >= 0.3 is 6.09 Å². The molecule has 2 atom stereocenters. The van der Waals surface area contributed by atoms with Crippen LogP contribution in [0.4, 0.5) is 4.79 Å². The summed E-state index contributed by atoms with van der Waals surface area (Å²) in [6.07, 6.45) is 2.13. The summed E-state index contributed by atoms with van der Waals surface area (Å²) in [5, 5.41) is 6.47. The Bertz CT molecular complexity index is 419. The van der Waals surface area contributed by atoms with Crippen LogP contribution in [0.15, 0.2) is 30.3 Å². The molecule has 2 unspecified atom stereocenters. The number of fused-ring (bicyclic) bond motifs is 2. The molecule has 2 aliphatic rings. The molecule has 1 saturated carbocycles. The van der Waals surface area contributed by atoms with Crippen LogP contribution in [-0.4, -0.2) is 25.2 Å². The standard InChI is InChI=1S/C15H20N2O2/c18-15(19-10-11-4-2-1-3-5-11)17-14-12-6-7-13(14)9-16-8-12/h1-5,12-14,16H,6-10H2,(H,17,18). The molecule has 19 heavy (non-hydrogen) atoms. The lowest BCUT2D eigenvalue weighted by Gasteiger charge is -2.31. The number of carbonyl (C=O) groups is 1. The van der Waals surface area contributed by atoms with E-state index >= 15 is 0 Å². The lowest BCUT2D eigenvalue weighted by Crippen LogP contribution is -2.51. The second-order valence-corrected chi connectivity index (χ2v) is 5.49. The second kappa shape index (κ2) is 5.61. The van der Waals surface area contributed by atoms with Crippen LogP contribution in [0.2, 0.25) is 0 Å². The zero-order valence-corrected chi connectivity index (χ0v) is 11.0. The average molecular weight is 260 g/mol. The minimum absolute atomic E-state index is 0.285. The summed E-state index contributed by atoms with van der Waals surface area (Å²) in [7, 11) is 0. The van der Waals surface area contributed by atoms with E-state index in [1.807, 2.05) is 30.3 Å². The molecule has 1 aromatic carbocycles. The Morgan fingerprint density at radius 2 is 1.89 bits per heavy atom. The number of hydrogen-bond donors (Lipinski definition) is 2. The Kier molecular flexibility index (Phi) is 3.69. The Balaban J connectivity index is 1.49. The van der Waals surface area contributed by atoms with Crippen LogP contribution >= 0.6 is 0 Å². The maximum Gasteiger partial charge on any atom is 0.407 e. The largest absolute Gasteiger partial charge is 0.445 e. The number of benzene rings is 1. The molecule has 1 aliphatic heterocycles. The molecule has 1 aromatic rings. The Morgan fingerprint density at radius 3 is 2.58 bits per heavy atom. The molecule has 2 bridgehead atoms. The van der Waals surface area contributed by atoms with Gasteiger partial charge < -0.3 is 15.4 Å². The van der Waals surface area contributed by atoms with Crippen LogP contribution in [0, 0.1) is 11.8 Å². The molecule has 2 N–H and O–H groups in total. The fourth-order valence-electron chi connectivity index (χ4n) is 3.22. The van der Waals surface area contributed by atoms with Crippen LogP contribution in [0.3, 0.4) is 0 Å². The normalized spacial score (nSPS) is 28.9. The minimum Gasteiger partial charge on any atom is -0.445 e. The molecule has 0 radical (unpaired) electrons. The SMILES string of the molecule is O=C(NC1C2CCC1CNC2)OCc1ccccc1. The van der Waals surface area contributed by atoms with E-state index in [4.69, 9.17) is 4.74 Å². The van der Waals surface area contributed by atoms with E-state index in [0.717, 1.165) is 18.7 Å². The topological polar surface area (TPSA) is 50.4 Å². The van der Waals surface area contributed by atoms with Crippen molar-refractivity contribution in [3.05, 3.63) is 35.9 Å². The number of amides is 1. The Hall–Kier alpha value is -1.55. The molecule has 4 nitrogen and oxygen atoms in total.